The first-order valence-corrected chi connectivity index (χ1v) is 5.43. The summed E-state index contributed by atoms with van der Waals surface area (Å²) in [5.41, 5.74) is 2.45. The second-order valence-corrected chi connectivity index (χ2v) is 4.08. The highest BCUT2D eigenvalue weighted by Crippen LogP contribution is 2.19. The molecule has 0 radical (unpaired) electrons. The van der Waals surface area contributed by atoms with Gasteiger partial charge in [0.25, 0.3) is 0 Å². The van der Waals surface area contributed by atoms with Gasteiger partial charge in [0.2, 0.25) is 0 Å². The summed E-state index contributed by atoms with van der Waals surface area (Å²) in [4.78, 5) is 0. The SMILES string of the molecule is Cc1c(I)cccc1NCCCO. The third-order valence-electron chi connectivity index (χ3n) is 1.92. The third kappa shape index (κ3) is 3.15. The number of hydrogen-bond acceptors (Lipinski definition) is 2. The summed E-state index contributed by atoms with van der Waals surface area (Å²) < 4.78 is 1.27. The van der Waals surface area contributed by atoms with Crippen LogP contribution in [-0.4, -0.2) is 18.3 Å². The van der Waals surface area contributed by atoms with Crippen molar-refractivity contribution >= 4 is 28.3 Å². The molecule has 0 saturated carbocycles. The summed E-state index contributed by atoms with van der Waals surface area (Å²) in [6.07, 6.45) is 0.797. The summed E-state index contributed by atoms with van der Waals surface area (Å²) in [7, 11) is 0. The fraction of sp³-hybridized carbons (Fsp3) is 0.400. The number of rotatable bonds is 4. The van der Waals surface area contributed by atoms with Gasteiger partial charge in [0.05, 0.1) is 0 Å². The number of aliphatic hydroxyl groups excluding tert-OH is 1. The van der Waals surface area contributed by atoms with Crippen molar-refractivity contribution in [1.29, 1.82) is 0 Å². The van der Waals surface area contributed by atoms with Gasteiger partial charge in [-0.1, -0.05) is 6.07 Å². The van der Waals surface area contributed by atoms with Crippen LogP contribution in [0.25, 0.3) is 0 Å². The van der Waals surface area contributed by atoms with Crippen molar-refractivity contribution < 1.29 is 5.11 Å². The Bertz CT molecular complexity index is 276. The second-order valence-electron chi connectivity index (χ2n) is 2.92. The van der Waals surface area contributed by atoms with Gasteiger partial charge in [-0.3, -0.25) is 0 Å². The van der Waals surface area contributed by atoms with Gasteiger partial charge in [-0.15, -0.1) is 0 Å². The highest BCUT2D eigenvalue weighted by Gasteiger charge is 1.99. The van der Waals surface area contributed by atoms with Gasteiger partial charge in [0, 0.05) is 22.4 Å². The van der Waals surface area contributed by atoms with Crippen LogP contribution in [0.1, 0.15) is 12.0 Å². The van der Waals surface area contributed by atoms with Crippen LogP contribution in [0.2, 0.25) is 0 Å². The zero-order valence-electron chi connectivity index (χ0n) is 7.68. The van der Waals surface area contributed by atoms with Gasteiger partial charge >= 0.3 is 0 Å². The molecule has 0 aromatic heterocycles. The highest BCUT2D eigenvalue weighted by molar-refractivity contribution is 14.1. The molecule has 0 aliphatic carbocycles. The normalized spacial score (nSPS) is 10.1. The lowest BCUT2D eigenvalue weighted by Gasteiger charge is -2.09. The molecular formula is C10H14INO. The molecule has 2 N–H and O–H groups in total. The molecule has 13 heavy (non-hydrogen) atoms. The Balaban J connectivity index is 2.61. The molecular weight excluding hydrogens is 277 g/mol. The van der Waals surface area contributed by atoms with Gasteiger partial charge in [-0.2, -0.15) is 0 Å². The Morgan fingerprint density at radius 2 is 2.23 bits per heavy atom. The van der Waals surface area contributed by atoms with E-state index in [9.17, 15) is 0 Å². The van der Waals surface area contributed by atoms with E-state index >= 15 is 0 Å². The first-order chi connectivity index (χ1) is 6.25. The van der Waals surface area contributed by atoms with Gasteiger partial charge < -0.3 is 10.4 Å². The van der Waals surface area contributed by atoms with E-state index in [1.54, 1.807) is 0 Å². The predicted molar refractivity (Wildman–Crippen MR) is 64.1 cm³/mol. The zero-order valence-corrected chi connectivity index (χ0v) is 9.84. The number of benzene rings is 1. The van der Waals surface area contributed by atoms with E-state index in [2.05, 4.69) is 47.0 Å². The Morgan fingerprint density at radius 3 is 2.92 bits per heavy atom. The first kappa shape index (κ1) is 10.8. The molecule has 1 aromatic carbocycles. The lowest BCUT2D eigenvalue weighted by molar-refractivity contribution is 0.292. The predicted octanol–water partition coefficient (Wildman–Crippen LogP) is 2.39. The van der Waals surface area contributed by atoms with Crippen LogP contribution >= 0.6 is 22.6 Å². The quantitative estimate of drug-likeness (QED) is 0.659. The third-order valence-corrected chi connectivity index (χ3v) is 3.09. The van der Waals surface area contributed by atoms with E-state index in [1.165, 1.54) is 14.8 Å². The average Bonchev–Trinajstić information content (AvgIpc) is 2.13. The summed E-state index contributed by atoms with van der Waals surface area (Å²) in [5.74, 6) is 0. The molecule has 0 fully saturated rings. The number of anilines is 1. The van der Waals surface area contributed by atoms with Crippen molar-refractivity contribution in [3.63, 3.8) is 0 Å². The van der Waals surface area contributed by atoms with Crippen molar-refractivity contribution in [2.75, 3.05) is 18.5 Å². The fourth-order valence-corrected chi connectivity index (χ4v) is 1.60. The number of nitrogens with one attached hydrogen (secondary N) is 1. The number of aliphatic hydroxyl groups is 1. The first-order valence-electron chi connectivity index (χ1n) is 4.35. The summed E-state index contributed by atoms with van der Waals surface area (Å²) in [5, 5.41) is 11.9. The zero-order chi connectivity index (χ0) is 9.68. The molecule has 72 valence electrons. The Labute approximate surface area is 92.5 Å². The maximum Gasteiger partial charge on any atom is 0.0447 e. The van der Waals surface area contributed by atoms with Crippen molar-refractivity contribution in [2.24, 2.45) is 0 Å². The topological polar surface area (TPSA) is 32.3 Å². The van der Waals surface area contributed by atoms with Gasteiger partial charge in [0.15, 0.2) is 0 Å². The largest absolute Gasteiger partial charge is 0.396 e. The van der Waals surface area contributed by atoms with Crippen LogP contribution in [-0.2, 0) is 0 Å². The van der Waals surface area contributed by atoms with E-state index in [0.29, 0.717) is 0 Å². The summed E-state index contributed by atoms with van der Waals surface area (Å²) in [6.45, 7) is 3.18. The lowest BCUT2D eigenvalue weighted by Crippen LogP contribution is -2.05. The van der Waals surface area contributed by atoms with Crippen LogP contribution in [0.3, 0.4) is 0 Å². The lowest BCUT2D eigenvalue weighted by atomic mass is 10.2. The molecule has 1 rings (SSSR count). The minimum atomic E-state index is 0.246. The molecule has 0 bridgehead atoms. The van der Waals surface area contributed by atoms with E-state index < -0.39 is 0 Å². The van der Waals surface area contributed by atoms with E-state index in [1.807, 2.05) is 6.07 Å². The fourth-order valence-electron chi connectivity index (χ4n) is 1.10. The smallest absolute Gasteiger partial charge is 0.0447 e. The number of halogens is 1. The van der Waals surface area contributed by atoms with Gasteiger partial charge in [-0.25, -0.2) is 0 Å². The standard InChI is InChI=1S/C10H14INO/c1-8-9(11)4-2-5-10(8)12-6-3-7-13/h2,4-5,12-13H,3,6-7H2,1H3. The Morgan fingerprint density at radius 1 is 1.46 bits per heavy atom. The molecule has 0 saturated heterocycles. The van der Waals surface area contributed by atoms with Crippen molar-refractivity contribution in [2.45, 2.75) is 13.3 Å². The van der Waals surface area contributed by atoms with Gasteiger partial charge in [-0.05, 0) is 53.6 Å². The highest BCUT2D eigenvalue weighted by atomic mass is 127. The number of hydrogen-bond donors (Lipinski definition) is 2. The Kier molecular flexibility index (Phi) is 4.52. The Hall–Kier alpha value is -0.290. The molecule has 0 atom stereocenters. The van der Waals surface area contributed by atoms with Gasteiger partial charge in [0.1, 0.15) is 0 Å². The van der Waals surface area contributed by atoms with Crippen molar-refractivity contribution in [3.05, 3.63) is 27.3 Å². The molecule has 0 unspecified atom stereocenters. The van der Waals surface area contributed by atoms with E-state index in [4.69, 9.17) is 5.11 Å². The molecule has 0 heterocycles. The molecule has 0 spiro atoms. The molecule has 3 heteroatoms. The maximum atomic E-state index is 8.63. The maximum absolute atomic E-state index is 8.63. The molecule has 2 nitrogen and oxygen atoms in total. The molecule has 1 aromatic rings. The van der Waals surface area contributed by atoms with Crippen molar-refractivity contribution in [1.82, 2.24) is 0 Å². The van der Waals surface area contributed by atoms with Crippen molar-refractivity contribution in [3.8, 4) is 0 Å². The molecule has 0 aliphatic heterocycles. The van der Waals surface area contributed by atoms with Crippen LogP contribution in [0.5, 0.6) is 0 Å². The second kappa shape index (κ2) is 5.44. The van der Waals surface area contributed by atoms with Crippen LogP contribution in [0.4, 0.5) is 5.69 Å². The van der Waals surface area contributed by atoms with E-state index in [-0.39, 0.29) is 6.61 Å². The minimum Gasteiger partial charge on any atom is -0.396 e. The van der Waals surface area contributed by atoms with Crippen LogP contribution in [0.15, 0.2) is 18.2 Å². The minimum absolute atomic E-state index is 0.246. The van der Waals surface area contributed by atoms with E-state index in [0.717, 1.165) is 13.0 Å². The summed E-state index contributed by atoms with van der Waals surface area (Å²) >= 11 is 2.32. The average molecular weight is 291 g/mol. The van der Waals surface area contributed by atoms with Crippen LogP contribution < -0.4 is 5.32 Å². The van der Waals surface area contributed by atoms with Crippen LogP contribution in [0, 0.1) is 10.5 Å². The summed E-state index contributed by atoms with van der Waals surface area (Å²) in [6, 6.07) is 6.19. The molecule has 0 amide bonds. The molecule has 0 aliphatic rings. The monoisotopic (exact) mass is 291 g/mol.